The molecule has 4 heteroatoms. The summed E-state index contributed by atoms with van der Waals surface area (Å²) < 4.78 is 0. The fourth-order valence-electron chi connectivity index (χ4n) is 1.42. The fourth-order valence-corrected chi connectivity index (χ4v) is 2.37. The van der Waals surface area contributed by atoms with E-state index >= 15 is 0 Å². The molecule has 0 aliphatic carbocycles. The molecule has 0 aliphatic rings. The molecule has 0 fully saturated rings. The first-order valence-electron chi connectivity index (χ1n) is 4.70. The molecule has 80 valence electrons. The summed E-state index contributed by atoms with van der Waals surface area (Å²) in [6.07, 6.45) is 0. The normalized spacial score (nSPS) is 13.5. The molecular weight excluding hydrogens is 198 g/mol. The van der Waals surface area contributed by atoms with Crippen LogP contribution in [0, 0.1) is 6.92 Å². The standard InChI is InChI=1S/C10H17NO2S/c1-7-3-4-14-10(7)8(2)11-9(5-12)6-13/h3-4,8-9,11-13H,5-6H2,1-2H3. The molecule has 0 saturated heterocycles. The predicted octanol–water partition coefficient (Wildman–Crippen LogP) is 1.06. The molecule has 1 aromatic heterocycles. The molecule has 14 heavy (non-hydrogen) atoms. The first-order chi connectivity index (χ1) is 6.69. The van der Waals surface area contributed by atoms with Crippen LogP contribution in [0.1, 0.15) is 23.4 Å². The van der Waals surface area contributed by atoms with Gasteiger partial charge in [-0.05, 0) is 30.9 Å². The van der Waals surface area contributed by atoms with E-state index in [9.17, 15) is 0 Å². The van der Waals surface area contributed by atoms with Crippen molar-refractivity contribution in [1.29, 1.82) is 0 Å². The summed E-state index contributed by atoms with van der Waals surface area (Å²) in [4.78, 5) is 1.26. The average molecular weight is 215 g/mol. The first-order valence-corrected chi connectivity index (χ1v) is 5.58. The van der Waals surface area contributed by atoms with Gasteiger partial charge < -0.3 is 15.5 Å². The molecule has 1 unspecified atom stereocenters. The van der Waals surface area contributed by atoms with Crippen LogP contribution in [0.5, 0.6) is 0 Å². The van der Waals surface area contributed by atoms with Crippen LogP contribution in [-0.4, -0.2) is 29.5 Å². The van der Waals surface area contributed by atoms with Gasteiger partial charge in [0, 0.05) is 10.9 Å². The maximum absolute atomic E-state index is 8.92. The van der Waals surface area contributed by atoms with E-state index in [1.165, 1.54) is 10.4 Å². The Balaban J connectivity index is 2.58. The van der Waals surface area contributed by atoms with Crippen molar-refractivity contribution in [2.24, 2.45) is 0 Å². The highest BCUT2D eigenvalue weighted by molar-refractivity contribution is 7.10. The van der Waals surface area contributed by atoms with Gasteiger partial charge in [-0.2, -0.15) is 0 Å². The van der Waals surface area contributed by atoms with Crippen LogP contribution in [0.4, 0.5) is 0 Å². The van der Waals surface area contributed by atoms with Crippen molar-refractivity contribution >= 4 is 11.3 Å². The summed E-state index contributed by atoms with van der Waals surface area (Å²) in [5.41, 5.74) is 1.25. The van der Waals surface area contributed by atoms with E-state index in [1.807, 2.05) is 6.92 Å². The van der Waals surface area contributed by atoms with Gasteiger partial charge in [-0.25, -0.2) is 0 Å². The molecule has 0 aliphatic heterocycles. The second-order valence-electron chi connectivity index (χ2n) is 3.42. The smallest absolute Gasteiger partial charge is 0.0607 e. The highest BCUT2D eigenvalue weighted by Crippen LogP contribution is 2.23. The maximum atomic E-state index is 8.92. The Morgan fingerprint density at radius 1 is 1.43 bits per heavy atom. The van der Waals surface area contributed by atoms with Gasteiger partial charge in [-0.1, -0.05) is 0 Å². The van der Waals surface area contributed by atoms with Gasteiger partial charge in [-0.3, -0.25) is 0 Å². The zero-order valence-electron chi connectivity index (χ0n) is 8.53. The van der Waals surface area contributed by atoms with Gasteiger partial charge >= 0.3 is 0 Å². The third kappa shape index (κ3) is 2.78. The number of thiophene rings is 1. The number of hydrogen-bond donors (Lipinski definition) is 3. The summed E-state index contributed by atoms with van der Waals surface area (Å²) in [6.45, 7) is 4.03. The molecule has 0 spiro atoms. The van der Waals surface area contributed by atoms with Crippen molar-refractivity contribution in [3.8, 4) is 0 Å². The number of hydrogen-bond acceptors (Lipinski definition) is 4. The Morgan fingerprint density at radius 3 is 2.50 bits per heavy atom. The number of aryl methyl sites for hydroxylation is 1. The lowest BCUT2D eigenvalue weighted by molar-refractivity contribution is 0.164. The van der Waals surface area contributed by atoms with E-state index in [1.54, 1.807) is 11.3 Å². The van der Waals surface area contributed by atoms with E-state index in [0.29, 0.717) is 0 Å². The second-order valence-corrected chi connectivity index (χ2v) is 4.37. The van der Waals surface area contributed by atoms with Crippen molar-refractivity contribution < 1.29 is 10.2 Å². The second kappa shape index (κ2) is 5.46. The van der Waals surface area contributed by atoms with Crippen LogP contribution in [-0.2, 0) is 0 Å². The number of rotatable bonds is 5. The van der Waals surface area contributed by atoms with Crippen molar-refractivity contribution in [2.75, 3.05) is 13.2 Å². The van der Waals surface area contributed by atoms with E-state index in [2.05, 4.69) is 23.7 Å². The Bertz CT molecular complexity index is 271. The van der Waals surface area contributed by atoms with Gasteiger partial charge in [0.2, 0.25) is 0 Å². The molecule has 1 aromatic rings. The van der Waals surface area contributed by atoms with Crippen molar-refractivity contribution in [2.45, 2.75) is 25.9 Å². The molecule has 3 nitrogen and oxygen atoms in total. The van der Waals surface area contributed by atoms with Gasteiger partial charge in [0.05, 0.1) is 19.3 Å². The van der Waals surface area contributed by atoms with Crippen LogP contribution in [0.3, 0.4) is 0 Å². The summed E-state index contributed by atoms with van der Waals surface area (Å²) in [6, 6.07) is 2.02. The van der Waals surface area contributed by atoms with Crippen molar-refractivity contribution in [1.82, 2.24) is 5.32 Å². The average Bonchev–Trinajstić information content (AvgIpc) is 2.60. The van der Waals surface area contributed by atoms with Crippen LogP contribution >= 0.6 is 11.3 Å². The van der Waals surface area contributed by atoms with E-state index < -0.39 is 0 Å². The molecule has 0 amide bonds. The lowest BCUT2D eigenvalue weighted by atomic mass is 10.1. The Hall–Kier alpha value is -0.420. The molecule has 0 aromatic carbocycles. The van der Waals surface area contributed by atoms with Gasteiger partial charge in [0.15, 0.2) is 0 Å². The van der Waals surface area contributed by atoms with Gasteiger partial charge in [-0.15, -0.1) is 11.3 Å². The minimum atomic E-state index is -0.230. The Kier molecular flexibility index (Phi) is 4.54. The third-order valence-electron chi connectivity index (χ3n) is 2.22. The lowest BCUT2D eigenvalue weighted by Crippen LogP contribution is -2.37. The summed E-state index contributed by atoms with van der Waals surface area (Å²) in [7, 11) is 0. The van der Waals surface area contributed by atoms with Crippen LogP contribution in [0.15, 0.2) is 11.4 Å². The summed E-state index contributed by atoms with van der Waals surface area (Å²) in [5.74, 6) is 0. The first kappa shape index (κ1) is 11.7. The zero-order chi connectivity index (χ0) is 10.6. The molecule has 0 bridgehead atoms. The Labute approximate surface area is 88.4 Å². The van der Waals surface area contributed by atoms with Gasteiger partial charge in [0.25, 0.3) is 0 Å². The van der Waals surface area contributed by atoms with Crippen LogP contribution in [0.25, 0.3) is 0 Å². The van der Waals surface area contributed by atoms with Crippen molar-refractivity contribution in [3.05, 3.63) is 21.9 Å². The molecule has 1 atom stereocenters. The van der Waals surface area contributed by atoms with Crippen molar-refractivity contribution in [3.63, 3.8) is 0 Å². The maximum Gasteiger partial charge on any atom is 0.0607 e. The molecule has 1 rings (SSSR count). The van der Waals surface area contributed by atoms with Gasteiger partial charge in [0.1, 0.15) is 0 Å². The minimum absolute atomic E-state index is 0.0364. The Morgan fingerprint density at radius 2 is 2.07 bits per heavy atom. The van der Waals surface area contributed by atoms with Crippen LogP contribution in [0.2, 0.25) is 0 Å². The molecule has 0 radical (unpaired) electrons. The van der Waals surface area contributed by atoms with Crippen LogP contribution < -0.4 is 5.32 Å². The largest absolute Gasteiger partial charge is 0.395 e. The quantitative estimate of drug-likeness (QED) is 0.688. The summed E-state index contributed by atoms with van der Waals surface area (Å²) >= 11 is 1.69. The molecule has 3 N–H and O–H groups in total. The lowest BCUT2D eigenvalue weighted by Gasteiger charge is -2.19. The number of aliphatic hydroxyl groups excluding tert-OH is 2. The fraction of sp³-hybridized carbons (Fsp3) is 0.600. The summed E-state index contributed by atoms with van der Waals surface area (Å²) in [5, 5.41) is 23.1. The third-order valence-corrected chi connectivity index (χ3v) is 3.42. The highest BCUT2D eigenvalue weighted by Gasteiger charge is 2.13. The molecule has 0 saturated carbocycles. The predicted molar refractivity (Wildman–Crippen MR) is 58.6 cm³/mol. The monoisotopic (exact) mass is 215 g/mol. The van der Waals surface area contributed by atoms with E-state index in [0.717, 1.165) is 0 Å². The molecular formula is C10H17NO2S. The van der Waals surface area contributed by atoms with E-state index in [4.69, 9.17) is 10.2 Å². The SMILES string of the molecule is Cc1ccsc1C(C)NC(CO)CO. The zero-order valence-corrected chi connectivity index (χ0v) is 9.34. The molecule has 1 heterocycles. The topological polar surface area (TPSA) is 52.5 Å². The minimum Gasteiger partial charge on any atom is -0.395 e. The number of nitrogens with one attached hydrogen (secondary N) is 1. The highest BCUT2D eigenvalue weighted by atomic mass is 32.1. The van der Waals surface area contributed by atoms with E-state index in [-0.39, 0.29) is 25.3 Å². The number of aliphatic hydroxyl groups is 2.